The van der Waals surface area contributed by atoms with Crippen LogP contribution in [0.25, 0.3) is 21.9 Å². The summed E-state index contributed by atoms with van der Waals surface area (Å²) in [7, 11) is 0. The molecule has 0 saturated heterocycles. The van der Waals surface area contributed by atoms with Gasteiger partial charge in [-0.05, 0) is 12.5 Å². The standard InChI is InChI=1S/C14H15N5/c1-2-3-8-15-14-17-13-10-6-4-5-7-11(10)16-9-12(13)18-19-14/h4-7,9H,2-3,8H2,1H3,(H,15,17,19). The summed E-state index contributed by atoms with van der Waals surface area (Å²) in [4.78, 5) is 8.90. The minimum Gasteiger partial charge on any atom is -0.353 e. The van der Waals surface area contributed by atoms with E-state index in [1.54, 1.807) is 6.20 Å². The van der Waals surface area contributed by atoms with Crippen LogP contribution in [0.4, 0.5) is 5.95 Å². The maximum atomic E-state index is 4.55. The van der Waals surface area contributed by atoms with E-state index in [2.05, 4.69) is 32.4 Å². The summed E-state index contributed by atoms with van der Waals surface area (Å²) >= 11 is 0. The third-order valence-corrected chi connectivity index (χ3v) is 3.01. The Balaban J connectivity index is 2.07. The van der Waals surface area contributed by atoms with E-state index in [1.807, 2.05) is 24.3 Å². The number of nitrogens with one attached hydrogen (secondary N) is 1. The van der Waals surface area contributed by atoms with Crippen molar-refractivity contribution in [3.05, 3.63) is 30.5 Å². The number of hydrogen-bond acceptors (Lipinski definition) is 5. The Bertz CT molecular complexity index is 710. The fraction of sp³-hybridized carbons (Fsp3) is 0.286. The fourth-order valence-electron chi connectivity index (χ4n) is 1.99. The van der Waals surface area contributed by atoms with E-state index < -0.39 is 0 Å². The quantitative estimate of drug-likeness (QED) is 0.572. The minimum absolute atomic E-state index is 0.581. The average molecular weight is 253 g/mol. The third kappa shape index (κ3) is 2.31. The van der Waals surface area contributed by atoms with Crippen molar-refractivity contribution >= 4 is 27.9 Å². The van der Waals surface area contributed by atoms with Gasteiger partial charge in [0.05, 0.1) is 11.7 Å². The smallest absolute Gasteiger partial charge is 0.243 e. The van der Waals surface area contributed by atoms with Gasteiger partial charge in [-0.1, -0.05) is 31.5 Å². The number of fused-ring (bicyclic) bond motifs is 3. The maximum absolute atomic E-state index is 4.55. The molecule has 3 rings (SSSR count). The lowest BCUT2D eigenvalue weighted by Crippen LogP contribution is -2.06. The van der Waals surface area contributed by atoms with Crippen molar-refractivity contribution in [2.45, 2.75) is 19.8 Å². The number of anilines is 1. The van der Waals surface area contributed by atoms with Crippen LogP contribution in [-0.2, 0) is 0 Å². The monoisotopic (exact) mass is 253 g/mol. The highest BCUT2D eigenvalue weighted by Crippen LogP contribution is 2.20. The molecule has 0 fully saturated rings. The van der Waals surface area contributed by atoms with Gasteiger partial charge in [0.1, 0.15) is 11.0 Å². The molecule has 5 nitrogen and oxygen atoms in total. The lowest BCUT2D eigenvalue weighted by atomic mass is 10.2. The second-order valence-corrected chi connectivity index (χ2v) is 4.42. The largest absolute Gasteiger partial charge is 0.353 e. The molecule has 0 aliphatic rings. The molecule has 1 N–H and O–H groups in total. The summed E-state index contributed by atoms with van der Waals surface area (Å²) in [5.41, 5.74) is 2.49. The number of nitrogens with zero attached hydrogens (tertiary/aromatic N) is 4. The summed E-state index contributed by atoms with van der Waals surface area (Å²) in [6.45, 7) is 3.02. The van der Waals surface area contributed by atoms with Gasteiger partial charge < -0.3 is 5.32 Å². The Kier molecular flexibility index (Phi) is 3.18. The van der Waals surface area contributed by atoms with Crippen LogP contribution in [0.1, 0.15) is 19.8 Å². The Morgan fingerprint density at radius 3 is 2.89 bits per heavy atom. The van der Waals surface area contributed by atoms with E-state index in [0.717, 1.165) is 41.3 Å². The van der Waals surface area contributed by atoms with E-state index in [-0.39, 0.29) is 0 Å². The number of hydrogen-bond donors (Lipinski definition) is 1. The van der Waals surface area contributed by atoms with Crippen LogP contribution in [0.3, 0.4) is 0 Å². The SMILES string of the molecule is CCCCNc1nnc2cnc3ccccc3c2n1. The first-order valence-corrected chi connectivity index (χ1v) is 6.50. The van der Waals surface area contributed by atoms with Crippen LogP contribution < -0.4 is 5.32 Å². The summed E-state index contributed by atoms with van der Waals surface area (Å²) in [5.74, 6) is 0.581. The molecule has 2 aromatic heterocycles. The van der Waals surface area contributed by atoms with Crippen LogP contribution in [-0.4, -0.2) is 26.7 Å². The Morgan fingerprint density at radius 2 is 2.00 bits per heavy atom. The summed E-state index contributed by atoms with van der Waals surface area (Å²) in [6, 6.07) is 7.93. The van der Waals surface area contributed by atoms with E-state index >= 15 is 0 Å². The average Bonchev–Trinajstić information content (AvgIpc) is 2.47. The molecule has 1 aromatic carbocycles. The highest BCUT2D eigenvalue weighted by Gasteiger charge is 2.06. The van der Waals surface area contributed by atoms with Gasteiger partial charge in [0, 0.05) is 11.9 Å². The molecule has 19 heavy (non-hydrogen) atoms. The molecular formula is C14H15N5. The lowest BCUT2D eigenvalue weighted by molar-refractivity contribution is 0.822. The molecule has 0 spiro atoms. The molecule has 2 heterocycles. The molecule has 0 unspecified atom stereocenters. The van der Waals surface area contributed by atoms with Gasteiger partial charge >= 0.3 is 0 Å². The zero-order chi connectivity index (χ0) is 13.1. The molecule has 0 radical (unpaired) electrons. The number of rotatable bonds is 4. The minimum atomic E-state index is 0.581. The normalized spacial score (nSPS) is 11.0. The van der Waals surface area contributed by atoms with Gasteiger partial charge in [-0.2, -0.15) is 0 Å². The topological polar surface area (TPSA) is 63.6 Å². The number of aromatic nitrogens is 4. The Hall–Kier alpha value is -2.30. The molecule has 0 aliphatic heterocycles. The van der Waals surface area contributed by atoms with Crippen molar-refractivity contribution < 1.29 is 0 Å². The number of unbranched alkanes of at least 4 members (excludes halogenated alkanes) is 1. The van der Waals surface area contributed by atoms with Crippen LogP contribution in [0, 0.1) is 0 Å². The predicted molar refractivity (Wildman–Crippen MR) is 76.0 cm³/mol. The van der Waals surface area contributed by atoms with Gasteiger partial charge in [-0.25, -0.2) is 4.98 Å². The molecule has 3 aromatic rings. The molecule has 0 saturated carbocycles. The van der Waals surface area contributed by atoms with E-state index in [4.69, 9.17) is 0 Å². The summed E-state index contributed by atoms with van der Waals surface area (Å²) in [5, 5.41) is 12.5. The molecule has 5 heteroatoms. The first-order valence-electron chi connectivity index (χ1n) is 6.50. The number of benzene rings is 1. The van der Waals surface area contributed by atoms with Gasteiger partial charge in [0.2, 0.25) is 5.95 Å². The van der Waals surface area contributed by atoms with Crippen molar-refractivity contribution in [2.75, 3.05) is 11.9 Å². The second-order valence-electron chi connectivity index (χ2n) is 4.42. The zero-order valence-electron chi connectivity index (χ0n) is 10.8. The highest BCUT2D eigenvalue weighted by molar-refractivity contribution is 6.01. The second kappa shape index (κ2) is 5.14. The van der Waals surface area contributed by atoms with E-state index in [9.17, 15) is 0 Å². The molecule has 0 bridgehead atoms. The molecule has 0 amide bonds. The van der Waals surface area contributed by atoms with Crippen LogP contribution in [0.5, 0.6) is 0 Å². The van der Waals surface area contributed by atoms with E-state index in [1.165, 1.54) is 0 Å². The van der Waals surface area contributed by atoms with Crippen LogP contribution >= 0.6 is 0 Å². The van der Waals surface area contributed by atoms with Crippen molar-refractivity contribution in [3.8, 4) is 0 Å². The summed E-state index contributed by atoms with van der Waals surface area (Å²) in [6.07, 6.45) is 3.95. The van der Waals surface area contributed by atoms with Crippen LogP contribution in [0.15, 0.2) is 30.5 Å². The molecule has 0 atom stereocenters. The number of para-hydroxylation sites is 1. The maximum Gasteiger partial charge on any atom is 0.243 e. The van der Waals surface area contributed by atoms with Gasteiger partial charge in [-0.15, -0.1) is 10.2 Å². The highest BCUT2D eigenvalue weighted by atomic mass is 15.2. The van der Waals surface area contributed by atoms with Gasteiger partial charge in [0.25, 0.3) is 0 Å². The van der Waals surface area contributed by atoms with Crippen LogP contribution in [0.2, 0.25) is 0 Å². The third-order valence-electron chi connectivity index (χ3n) is 3.01. The first kappa shape index (κ1) is 11.8. The first-order chi connectivity index (χ1) is 9.38. The zero-order valence-corrected chi connectivity index (χ0v) is 10.8. The Morgan fingerprint density at radius 1 is 1.11 bits per heavy atom. The summed E-state index contributed by atoms with van der Waals surface area (Å²) < 4.78 is 0. The predicted octanol–water partition coefficient (Wildman–Crippen LogP) is 2.79. The Labute approximate surface area is 111 Å². The lowest BCUT2D eigenvalue weighted by Gasteiger charge is -2.05. The van der Waals surface area contributed by atoms with Crippen molar-refractivity contribution in [1.82, 2.24) is 20.2 Å². The fourth-order valence-corrected chi connectivity index (χ4v) is 1.99. The number of pyridine rings is 1. The van der Waals surface area contributed by atoms with E-state index in [0.29, 0.717) is 5.95 Å². The van der Waals surface area contributed by atoms with Gasteiger partial charge in [-0.3, -0.25) is 4.98 Å². The molecule has 96 valence electrons. The molecule has 0 aliphatic carbocycles. The van der Waals surface area contributed by atoms with Gasteiger partial charge in [0.15, 0.2) is 0 Å². The molecular weight excluding hydrogens is 238 g/mol. The van der Waals surface area contributed by atoms with Crippen molar-refractivity contribution in [1.29, 1.82) is 0 Å². The van der Waals surface area contributed by atoms with Crippen molar-refractivity contribution in [3.63, 3.8) is 0 Å². The van der Waals surface area contributed by atoms with Crippen molar-refractivity contribution in [2.24, 2.45) is 0 Å².